The van der Waals surface area contributed by atoms with Gasteiger partial charge < -0.3 is 19.8 Å². The second kappa shape index (κ2) is 13.5. The predicted molar refractivity (Wildman–Crippen MR) is 145 cm³/mol. The Morgan fingerprint density at radius 3 is 2.73 bits per heavy atom. The average molecular weight is 506 g/mol. The zero-order valence-electron chi connectivity index (χ0n) is 21.8. The molecule has 0 bridgehead atoms. The van der Waals surface area contributed by atoms with Crippen LogP contribution in [-0.4, -0.2) is 57.8 Å². The van der Waals surface area contributed by atoms with Crippen LogP contribution in [0.4, 0.5) is 0 Å². The highest BCUT2D eigenvalue weighted by Crippen LogP contribution is 2.35. The first-order valence-electron chi connectivity index (χ1n) is 13.5. The summed E-state index contributed by atoms with van der Waals surface area (Å²) in [5.74, 6) is 0.419. The van der Waals surface area contributed by atoms with Crippen molar-refractivity contribution >= 4 is 16.9 Å². The number of aryl methyl sites for hydroxylation is 1. The Balaban J connectivity index is 1.28. The van der Waals surface area contributed by atoms with E-state index in [-0.39, 0.29) is 12.3 Å². The third kappa shape index (κ3) is 7.73. The summed E-state index contributed by atoms with van der Waals surface area (Å²) in [4.78, 5) is 22.6. The van der Waals surface area contributed by atoms with Crippen molar-refractivity contribution in [3.05, 3.63) is 66.1 Å². The van der Waals surface area contributed by atoms with Gasteiger partial charge in [-0.1, -0.05) is 6.42 Å². The molecule has 37 heavy (non-hydrogen) atoms. The van der Waals surface area contributed by atoms with E-state index >= 15 is 0 Å². The number of fused-ring (bicyclic) bond motifs is 1. The number of carboxylic acids is 1. The Hall–Kier alpha value is -3.03. The van der Waals surface area contributed by atoms with Gasteiger partial charge in [-0.2, -0.15) is 0 Å². The van der Waals surface area contributed by atoms with E-state index in [2.05, 4.69) is 27.0 Å². The first kappa shape index (κ1) is 27.0. The number of aliphatic carboxylic acids is 1. The number of hydrogen-bond donors (Lipinski definition) is 2. The van der Waals surface area contributed by atoms with Crippen molar-refractivity contribution in [2.45, 2.75) is 57.5 Å². The van der Waals surface area contributed by atoms with Gasteiger partial charge in [0.15, 0.2) is 0 Å². The smallest absolute Gasteiger partial charge is 0.303 e. The molecule has 7 nitrogen and oxygen atoms in total. The maximum Gasteiger partial charge on any atom is 0.303 e. The minimum absolute atomic E-state index is 0.115. The molecule has 1 saturated heterocycles. The van der Waals surface area contributed by atoms with Crippen LogP contribution in [0.1, 0.15) is 62.2 Å². The number of aliphatic hydroxyl groups excluding tert-OH is 1. The molecule has 2 N–H and O–H groups in total. The lowest BCUT2D eigenvalue weighted by atomic mass is 9.79. The van der Waals surface area contributed by atoms with Crippen LogP contribution < -0.4 is 4.74 Å². The number of carbonyl (C=O) groups is 1. The number of rotatable bonds is 13. The van der Waals surface area contributed by atoms with Gasteiger partial charge >= 0.3 is 5.97 Å². The van der Waals surface area contributed by atoms with E-state index in [0.717, 1.165) is 74.0 Å². The summed E-state index contributed by atoms with van der Waals surface area (Å²) in [6.07, 6.45) is 11.9. The van der Waals surface area contributed by atoms with Crippen LogP contribution in [0.5, 0.6) is 5.75 Å². The van der Waals surface area contributed by atoms with Gasteiger partial charge in [0.25, 0.3) is 0 Å². The van der Waals surface area contributed by atoms with Gasteiger partial charge in [-0.3, -0.25) is 14.8 Å². The quantitative estimate of drug-likeness (QED) is 0.305. The number of methoxy groups -OCH3 is 1. The van der Waals surface area contributed by atoms with Crippen molar-refractivity contribution < 1.29 is 19.7 Å². The highest BCUT2D eigenvalue weighted by Gasteiger charge is 2.31. The summed E-state index contributed by atoms with van der Waals surface area (Å²) >= 11 is 0. The van der Waals surface area contributed by atoms with Gasteiger partial charge in [0.2, 0.25) is 0 Å². The number of unbranched alkanes of at least 4 members (excludes halogenated alkanes) is 2. The molecule has 1 fully saturated rings. The van der Waals surface area contributed by atoms with Crippen LogP contribution in [0, 0.1) is 11.8 Å². The monoisotopic (exact) mass is 505 g/mol. The lowest BCUT2D eigenvalue weighted by Gasteiger charge is -2.38. The molecule has 3 heterocycles. The summed E-state index contributed by atoms with van der Waals surface area (Å²) in [7, 11) is 1.63. The van der Waals surface area contributed by atoms with Crippen LogP contribution >= 0.6 is 0 Å². The number of carboxylic acid groups (broad SMARTS) is 1. The molecule has 7 heteroatoms. The van der Waals surface area contributed by atoms with Crippen LogP contribution in [-0.2, 0) is 11.2 Å². The van der Waals surface area contributed by atoms with Crippen molar-refractivity contribution in [2.24, 2.45) is 11.8 Å². The molecule has 0 unspecified atom stereocenters. The van der Waals surface area contributed by atoms with Crippen molar-refractivity contribution in [3.63, 3.8) is 0 Å². The van der Waals surface area contributed by atoms with Crippen LogP contribution in [0.15, 0.2) is 55.0 Å². The first-order chi connectivity index (χ1) is 18.0. The van der Waals surface area contributed by atoms with E-state index in [1.165, 1.54) is 12.0 Å². The fraction of sp³-hybridized carbons (Fsp3) is 0.500. The molecule has 0 saturated carbocycles. The van der Waals surface area contributed by atoms with Gasteiger partial charge in [0.05, 0.1) is 18.7 Å². The van der Waals surface area contributed by atoms with Gasteiger partial charge in [0.1, 0.15) is 5.75 Å². The summed E-state index contributed by atoms with van der Waals surface area (Å²) in [6, 6.07) is 11.7. The SMILES string of the molecule is COc1ccc2nccc([C@@H](O)CC[C@@H]3CCN(CCCCCc4ccncc4)C[C@@H]3CC(=O)O)c2c1. The molecule has 0 aliphatic carbocycles. The van der Waals surface area contributed by atoms with Gasteiger partial charge in [-0.25, -0.2) is 0 Å². The van der Waals surface area contributed by atoms with Crippen molar-refractivity contribution in [3.8, 4) is 5.75 Å². The van der Waals surface area contributed by atoms with Gasteiger partial charge in [-0.15, -0.1) is 0 Å². The summed E-state index contributed by atoms with van der Waals surface area (Å²) in [5.41, 5.74) is 3.01. The number of aromatic nitrogens is 2. The molecule has 1 aliphatic heterocycles. The van der Waals surface area contributed by atoms with Crippen molar-refractivity contribution in [1.82, 2.24) is 14.9 Å². The molecule has 1 aromatic carbocycles. The fourth-order valence-electron chi connectivity index (χ4n) is 5.68. The number of likely N-dealkylation sites (tertiary alicyclic amines) is 1. The summed E-state index contributed by atoms with van der Waals surface area (Å²) in [5, 5.41) is 21.5. The topological polar surface area (TPSA) is 95.8 Å². The lowest BCUT2D eigenvalue weighted by Crippen LogP contribution is -2.41. The maximum atomic E-state index is 11.6. The molecule has 0 spiro atoms. The van der Waals surface area contributed by atoms with Crippen LogP contribution in [0.2, 0.25) is 0 Å². The predicted octanol–water partition coefficient (Wildman–Crippen LogP) is 5.28. The van der Waals surface area contributed by atoms with E-state index in [4.69, 9.17) is 4.74 Å². The molecule has 0 radical (unpaired) electrons. The normalized spacial score (nSPS) is 19.1. The minimum Gasteiger partial charge on any atom is -0.497 e. The standard InChI is InChI=1S/C30H39N3O4/c1-37-25-7-8-28-27(20-25)26(12-16-32-28)29(34)9-6-23-13-18-33(21-24(23)19-30(35)36)17-4-2-3-5-22-10-14-31-15-11-22/h7-8,10-12,14-16,20,23-24,29,34H,2-6,9,13,17-19,21H2,1H3,(H,35,36)/t23-,24+,29+/m1/s1. The first-order valence-corrected chi connectivity index (χ1v) is 13.5. The number of nitrogens with zero attached hydrogens (tertiary/aromatic N) is 3. The molecule has 3 atom stereocenters. The molecule has 198 valence electrons. The Morgan fingerprint density at radius 2 is 1.95 bits per heavy atom. The minimum atomic E-state index is -0.734. The Bertz CT molecular complexity index is 1140. The Labute approximate surface area is 219 Å². The molecule has 3 aromatic rings. The number of benzene rings is 1. The summed E-state index contributed by atoms with van der Waals surface area (Å²) in [6.45, 7) is 2.84. The highest BCUT2D eigenvalue weighted by molar-refractivity contribution is 5.83. The van der Waals surface area contributed by atoms with E-state index in [1.807, 2.05) is 36.7 Å². The largest absolute Gasteiger partial charge is 0.497 e. The van der Waals surface area contributed by atoms with Crippen molar-refractivity contribution in [1.29, 1.82) is 0 Å². The third-order valence-corrected chi connectivity index (χ3v) is 7.75. The van der Waals surface area contributed by atoms with E-state index in [9.17, 15) is 15.0 Å². The number of aliphatic hydroxyl groups is 1. The average Bonchev–Trinajstić information content (AvgIpc) is 2.91. The van der Waals surface area contributed by atoms with E-state index in [1.54, 1.807) is 13.3 Å². The summed E-state index contributed by atoms with van der Waals surface area (Å²) < 4.78 is 5.36. The number of piperidine rings is 1. The molecule has 4 rings (SSSR count). The van der Waals surface area contributed by atoms with Crippen molar-refractivity contribution in [2.75, 3.05) is 26.7 Å². The zero-order chi connectivity index (χ0) is 26.0. The lowest BCUT2D eigenvalue weighted by molar-refractivity contribution is -0.139. The maximum absolute atomic E-state index is 11.6. The van der Waals surface area contributed by atoms with Gasteiger partial charge in [0, 0.05) is 36.9 Å². The van der Waals surface area contributed by atoms with E-state index in [0.29, 0.717) is 12.3 Å². The number of pyridine rings is 2. The highest BCUT2D eigenvalue weighted by atomic mass is 16.5. The van der Waals surface area contributed by atoms with Gasteiger partial charge in [-0.05, 0) is 111 Å². The van der Waals surface area contributed by atoms with Crippen LogP contribution in [0.3, 0.4) is 0 Å². The van der Waals surface area contributed by atoms with E-state index < -0.39 is 12.1 Å². The van der Waals surface area contributed by atoms with Crippen LogP contribution in [0.25, 0.3) is 10.9 Å². The molecular weight excluding hydrogens is 466 g/mol. The molecular formula is C30H39N3O4. The third-order valence-electron chi connectivity index (χ3n) is 7.75. The fourth-order valence-corrected chi connectivity index (χ4v) is 5.68. The zero-order valence-corrected chi connectivity index (χ0v) is 21.8. The number of hydrogen-bond acceptors (Lipinski definition) is 6. The Kier molecular flexibility index (Phi) is 9.85. The second-order valence-corrected chi connectivity index (χ2v) is 10.2. The molecule has 2 aromatic heterocycles. The number of ether oxygens (including phenoxy) is 1. The molecule has 1 aliphatic rings. The Morgan fingerprint density at radius 1 is 1.11 bits per heavy atom. The second-order valence-electron chi connectivity index (χ2n) is 10.2. The molecule has 0 amide bonds.